The SMILES string of the molecule is Cc1ccc(-c2nc(C)sc2CC(=O)Nc2c3ccccc3n3c(C)nc4ccccc4c23)cc1. The minimum Gasteiger partial charge on any atom is -0.323 e. The Morgan fingerprint density at radius 3 is 2.40 bits per heavy atom. The van der Waals surface area contributed by atoms with Crippen LogP contribution in [0.3, 0.4) is 0 Å². The third kappa shape index (κ3) is 3.67. The van der Waals surface area contributed by atoms with Crippen LogP contribution in [0, 0.1) is 20.8 Å². The highest BCUT2D eigenvalue weighted by Gasteiger charge is 2.20. The molecule has 172 valence electrons. The molecule has 1 N–H and O–H groups in total. The van der Waals surface area contributed by atoms with Gasteiger partial charge in [-0.3, -0.25) is 9.20 Å². The highest BCUT2D eigenvalue weighted by Crippen LogP contribution is 2.37. The highest BCUT2D eigenvalue weighted by atomic mass is 32.1. The van der Waals surface area contributed by atoms with E-state index in [9.17, 15) is 4.79 Å². The summed E-state index contributed by atoms with van der Waals surface area (Å²) in [4.78, 5) is 24.0. The molecule has 3 aromatic carbocycles. The van der Waals surface area contributed by atoms with Gasteiger partial charge >= 0.3 is 0 Å². The van der Waals surface area contributed by atoms with Crippen LogP contribution in [0.4, 0.5) is 5.69 Å². The second kappa shape index (κ2) is 8.32. The largest absolute Gasteiger partial charge is 0.323 e. The van der Waals surface area contributed by atoms with E-state index in [2.05, 4.69) is 59.1 Å². The fraction of sp³-hybridized carbons (Fsp3) is 0.138. The van der Waals surface area contributed by atoms with E-state index in [1.54, 1.807) is 11.3 Å². The van der Waals surface area contributed by atoms with Crippen molar-refractivity contribution in [1.29, 1.82) is 0 Å². The van der Waals surface area contributed by atoms with Gasteiger partial charge in [0.2, 0.25) is 5.91 Å². The van der Waals surface area contributed by atoms with Crippen molar-refractivity contribution in [2.75, 3.05) is 5.32 Å². The molecule has 0 saturated heterocycles. The van der Waals surface area contributed by atoms with Crippen molar-refractivity contribution in [3.8, 4) is 11.3 Å². The number of hydrogen-bond acceptors (Lipinski definition) is 4. The molecule has 0 atom stereocenters. The molecular formula is C29H24N4OS. The fourth-order valence-corrected chi connectivity index (χ4v) is 5.77. The van der Waals surface area contributed by atoms with E-state index in [0.717, 1.165) is 60.0 Å². The van der Waals surface area contributed by atoms with Crippen LogP contribution in [0.2, 0.25) is 0 Å². The van der Waals surface area contributed by atoms with Crippen LogP contribution in [-0.4, -0.2) is 20.3 Å². The summed E-state index contributed by atoms with van der Waals surface area (Å²) in [5.74, 6) is 0.828. The molecule has 3 aromatic heterocycles. The van der Waals surface area contributed by atoms with Crippen LogP contribution in [0.5, 0.6) is 0 Å². The molecule has 0 aliphatic carbocycles. The number of amides is 1. The van der Waals surface area contributed by atoms with E-state index in [4.69, 9.17) is 9.97 Å². The Bertz CT molecular complexity index is 1740. The molecule has 3 heterocycles. The fourth-order valence-electron chi connectivity index (χ4n) is 4.81. The third-order valence-electron chi connectivity index (χ3n) is 6.35. The normalized spacial score (nSPS) is 11.5. The average molecular weight is 477 g/mol. The van der Waals surface area contributed by atoms with Gasteiger partial charge in [-0.2, -0.15) is 0 Å². The first-order valence-corrected chi connectivity index (χ1v) is 12.4. The predicted octanol–water partition coefficient (Wildman–Crippen LogP) is 6.87. The van der Waals surface area contributed by atoms with Gasteiger partial charge in [0.1, 0.15) is 5.82 Å². The van der Waals surface area contributed by atoms with Crippen molar-refractivity contribution >= 4 is 50.3 Å². The summed E-state index contributed by atoms with van der Waals surface area (Å²) in [6.07, 6.45) is 0.266. The Hall–Kier alpha value is -4.03. The summed E-state index contributed by atoms with van der Waals surface area (Å²) >= 11 is 1.58. The van der Waals surface area contributed by atoms with Crippen molar-refractivity contribution in [2.45, 2.75) is 27.2 Å². The standard InChI is InChI=1S/C29H24N4OS/c1-17-12-14-20(15-13-17)27-25(35-19(3)31-27)16-26(34)32-28-22-9-5-7-11-24(22)33-18(2)30-23-10-6-4-8-21(23)29(28)33/h4-15H,16H2,1-3H3,(H,32,34). The maximum absolute atomic E-state index is 13.5. The zero-order chi connectivity index (χ0) is 24.1. The third-order valence-corrected chi connectivity index (χ3v) is 7.33. The number of thiazole rings is 1. The summed E-state index contributed by atoms with van der Waals surface area (Å²) in [7, 11) is 0. The minimum absolute atomic E-state index is 0.0567. The number of hydrogen-bond donors (Lipinski definition) is 1. The number of carbonyl (C=O) groups is 1. The minimum atomic E-state index is -0.0567. The van der Waals surface area contributed by atoms with Crippen LogP contribution in [-0.2, 0) is 11.2 Å². The molecule has 0 radical (unpaired) electrons. The topological polar surface area (TPSA) is 59.3 Å². The molecule has 1 amide bonds. The smallest absolute Gasteiger partial charge is 0.229 e. The molecule has 0 unspecified atom stereocenters. The second-order valence-electron chi connectivity index (χ2n) is 8.85. The Labute approximate surface area is 207 Å². The summed E-state index contributed by atoms with van der Waals surface area (Å²) < 4.78 is 2.14. The maximum Gasteiger partial charge on any atom is 0.229 e. The quantitative estimate of drug-likeness (QED) is 0.302. The lowest BCUT2D eigenvalue weighted by Gasteiger charge is -2.09. The lowest BCUT2D eigenvalue weighted by atomic mass is 10.1. The first kappa shape index (κ1) is 21.5. The van der Waals surface area contributed by atoms with E-state index in [1.165, 1.54) is 5.56 Å². The Balaban J connectivity index is 1.45. The number of para-hydroxylation sites is 2. The number of nitrogens with one attached hydrogen (secondary N) is 1. The van der Waals surface area contributed by atoms with Gasteiger partial charge < -0.3 is 5.32 Å². The molecule has 35 heavy (non-hydrogen) atoms. The molecule has 0 saturated carbocycles. The van der Waals surface area contributed by atoms with Crippen LogP contribution in [0.1, 0.15) is 21.3 Å². The molecule has 0 bridgehead atoms. The number of nitrogens with zero attached hydrogens (tertiary/aromatic N) is 3. The number of fused-ring (bicyclic) bond motifs is 5. The van der Waals surface area contributed by atoms with E-state index >= 15 is 0 Å². The van der Waals surface area contributed by atoms with E-state index in [-0.39, 0.29) is 12.3 Å². The molecule has 0 aliphatic heterocycles. The molecular weight excluding hydrogens is 452 g/mol. The van der Waals surface area contributed by atoms with Crippen molar-refractivity contribution in [3.63, 3.8) is 0 Å². The molecule has 6 rings (SSSR count). The van der Waals surface area contributed by atoms with E-state index in [1.807, 2.05) is 44.2 Å². The number of anilines is 1. The zero-order valence-electron chi connectivity index (χ0n) is 19.8. The van der Waals surface area contributed by atoms with Crippen LogP contribution in [0.25, 0.3) is 38.6 Å². The van der Waals surface area contributed by atoms with Gasteiger partial charge in [0.25, 0.3) is 0 Å². The van der Waals surface area contributed by atoms with Crippen LogP contribution < -0.4 is 5.32 Å². The Kier molecular flexibility index (Phi) is 5.11. The molecule has 6 heteroatoms. The lowest BCUT2D eigenvalue weighted by Crippen LogP contribution is -2.14. The summed E-state index contributed by atoms with van der Waals surface area (Å²) in [6.45, 7) is 6.06. The number of aryl methyl sites for hydroxylation is 3. The first-order valence-electron chi connectivity index (χ1n) is 11.6. The highest BCUT2D eigenvalue weighted by molar-refractivity contribution is 7.12. The lowest BCUT2D eigenvalue weighted by molar-refractivity contribution is -0.115. The van der Waals surface area contributed by atoms with Gasteiger partial charge in [-0.25, -0.2) is 9.97 Å². The predicted molar refractivity (Wildman–Crippen MR) is 144 cm³/mol. The molecule has 0 spiro atoms. The van der Waals surface area contributed by atoms with Gasteiger partial charge in [0.15, 0.2) is 0 Å². The zero-order valence-corrected chi connectivity index (χ0v) is 20.6. The molecule has 0 aliphatic rings. The maximum atomic E-state index is 13.5. The first-order chi connectivity index (χ1) is 17.0. The van der Waals surface area contributed by atoms with Crippen LogP contribution in [0.15, 0.2) is 72.8 Å². The van der Waals surface area contributed by atoms with Gasteiger partial charge in [-0.15, -0.1) is 11.3 Å². The molecule has 6 aromatic rings. The summed E-state index contributed by atoms with van der Waals surface area (Å²) in [6, 6.07) is 24.5. The Morgan fingerprint density at radius 1 is 0.886 bits per heavy atom. The molecule has 5 nitrogen and oxygen atoms in total. The second-order valence-corrected chi connectivity index (χ2v) is 10.1. The van der Waals surface area contributed by atoms with Crippen molar-refractivity contribution < 1.29 is 4.79 Å². The summed E-state index contributed by atoms with van der Waals surface area (Å²) in [5.41, 5.74) is 6.87. The van der Waals surface area contributed by atoms with Gasteiger partial charge in [0.05, 0.1) is 39.4 Å². The van der Waals surface area contributed by atoms with Gasteiger partial charge in [-0.05, 0) is 32.9 Å². The number of carbonyl (C=O) groups excluding carboxylic acids is 1. The number of aromatic nitrogens is 3. The monoisotopic (exact) mass is 476 g/mol. The van der Waals surface area contributed by atoms with Crippen LogP contribution >= 0.6 is 11.3 Å². The Morgan fingerprint density at radius 2 is 1.60 bits per heavy atom. The van der Waals surface area contributed by atoms with Crippen molar-refractivity contribution in [2.24, 2.45) is 0 Å². The average Bonchev–Trinajstić information content (AvgIpc) is 3.38. The summed E-state index contributed by atoms with van der Waals surface area (Å²) in [5, 5.41) is 6.23. The van der Waals surface area contributed by atoms with Crippen molar-refractivity contribution in [3.05, 3.63) is 94.1 Å². The number of rotatable bonds is 4. The van der Waals surface area contributed by atoms with Gasteiger partial charge in [-0.1, -0.05) is 66.2 Å². The van der Waals surface area contributed by atoms with Crippen molar-refractivity contribution in [1.82, 2.24) is 14.4 Å². The molecule has 0 fully saturated rings. The van der Waals surface area contributed by atoms with E-state index < -0.39 is 0 Å². The van der Waals surface area contributed by atoms with Gasteiger partial charge in [0, 0.05) is 21.2 Å². The van der Waals surface area contributed by atoms with E-state index in [0.29, 0.717) is 0 Å². The number of benzene rings is 3.